The highest BCUT2D eigenvalue weighted by Crippen LogP contribution is 2.34. The van der Waals surface area contributed by atoms with Crippen molar-refractivity contribution in [3.8, 4) is 45.5 Å². The van der Waals surface area contributed by atoms with E-state index in [-0.39, 0.29) is 35.0 Å². The molecule has 0 spiro atoms. The topological polar surface area (TPSA) is 145 Å². The molecule has 2 aliphatic rings. The van der Waals surface area contributed by atoms with Gasteiger partial charge in [0, 0.05) is 74.3 Å². The number of hydrogen-bond acceptors (Lipinski definition) is 8. The number of amides is 4. The quantitative estimate of drug-likeness (QED) is 0.130. The number of aryl methyl sites for hydroxylation is 2. The molecular formula is C43H44F2N10O4. The zero-order valence-electron chi connectivity index (χ0n) is 32.7. The Morgan fingerprint density at radius 2 is 1.02 bits per heavy atom. The molecule has 0 atom stereocenters. The number of anilines is 2. The highest BCUT2D eigenvalue weighted by molar-refractivity contribution is 5.95. The third-order valence-corrected chi connectivity index (χ3v) is 10.5. The van der Waals surface area contributed by atoms with Crippen molar-refractivity contribution in [1.29, 1.82) is 0 Å². The first-order valence-corrected chi connectivity index (χ1v) is 19.7. The van der Waals surface area contributed by atoms with Crippen LogP contribution >= 0.6 is 0 Å². The lowest BCUT2D eigenvalue weighted by molar-refractivity contribution is -0.0143. The second-order valence-electron chi connectivity index (χ2n) is 14.8. The molecule has 2 fully saturated rings. The summed E-state index contributed by atoms with van der Waals surface area (Å²) < 4.78 is 46.7. The average Bonchev–Trinajstić information content (AvgIpc) is 4.03. The minimum atomic E-state index is -0.720. The molecule has 16 heteroatoms. The number of rotatable bonds is 10. The molecule has 2 N–H and O–H groups in total. The summed E-state index contributed by atoms with van der Waals surface area (Å²) in [5.41, 5.74) is 2.73. The van der Waals surface area contributed by atoms with Gasteiger partial charge in [-0.2, -0.15) is 10.2 Å². The number of nitrogens with zero attached hydrogens (tertiary/aromatic N) is 8. The van der Waals surface area contributed by atoms with Gasteiger partial charge in [0.1, 0.15) is 34.6 Å². The summed E-state index contributed by atoms with van der Waals surface area (Å²) in [5, 5.41) is 16.7. The van der Waals surface area contributed by atoms with Crippen molar-refractivity contribution in [2.45, 2.75) is 69.9 Å². The van der Waals surface area contributed by atoms with E-state index in [2.05, 4.69) is 30.8 Å². The number of carbonyl (C=O) groups excluding carboxylic acids is 2. The number of ether oxygens (including phenoxy) is 2. The molecule has 0 unspecified atom stereocenters. The summed E-state index contributed by atoms with van der Waals surface area (Å²) in [7, 11) is 3.62. The summed E-state index contributed by atoms with van der Waals surface area (Å²) in [6, 6.07) is 13.1. The smallest absolute Gasteiger partial charge is 0.341 e. The zero-order valence-corrected chi connectivity index (χ0v) is 32.7. The van der Waals surface area contributed by atoms with Crippen LogP contribution in [0.5, 0.6) is 23.0 Å². The molecule has 0 bridgehead atoms. The molecule has 2 saturated carbocycles. The number of nitrogens with one attached hydrogen (secondary N) is 2. The maximum Gasteiger partial charge on any atom is 0.341 e. The Balaban J connectivity index is 0.993. The predicted octanol–water partition coefficient (Wildman–Crippen LogP) is 9.70. The van der Waals surface area contributed by atoms with Gasteiger partial charge in [0.25, 0.3) is 0 Å². The first-order chi connectivity index (χ1) is 28.7. The number of carbonyl (C=O) groups is 2. The van der Waals surface area contributed by atoms with Crippen molar-refractivity contribution in [1.82, 2.24) is 39.5 Å². The Morgan fingerprint density at radius 1 is 0.610 bits per heavy atom. The predicted molar refractivity (Wildman–Crippen MR) is 217 cm³/mol. The van der Waals surface area contributed by atoms with Gasteiger partial charge in [-0.05, 0) is 62.1 Å². The van der Waals surface area contributed by atoms with Crippen LogP contribution in [0.15, 0.2) is 97.8 Å². The molecule has 8 rings (SSSR count). The minimum Gasteiger partial charge on any atom is -0.457 e. The monoisotopic (exact) mass is 802 g/mol. The normalized spacial score (nSPS) is 14.5. The van der Waals surface area contributed by atoms with Crippen molar-refractivity contribution in [3.63, 3.8) is 0 Å². The molecule has 2 aromatic carbocycles. The molecule has 4 heterocycles. The van der Waals surface area contributed by atoms with Gasteiger partial charge in [0.05, 0.1) is 47.2 Å². The summed E-state index contributed by atoms with van der Waals surface area (Å²) in [6.07, 6.45) is 17.3. The molecule has 4 amide bonds. The van der Waals surface area contributed by atoms with Crippen LogP contribution in [-0.4, -0.2) is 63.7 Å². The lowest BCUT2D eigenvalue weighted by atomic mass is 9.95. The maximum absolute atomic E-state index is 15.7. The van der Waals surface area contributed by atoms with Crippen LogP contribution in [0.4, 0.5) is 29.7 Å². The molecule has 0 aliphatic heterocycles. The molecular weight excluding hydrogens is 759 g/mol. The number of halogens is 2. The summed E-state index contributed by atoms with van der Waals surface area (Å²) >= 11 is 0. The van der Waals surface area contributed by atoms with E-state index in [1.165, 1.54) is 34.3 Å². The van der Waals surface area contributed by atoms with Crippen LogP contribution in [-0.2, 0) is 14.1 Å². The van der Waals surface area contributed by atoms with E-state index in [0.717, 1.165) is 43.2 Å². The van der Waals surface area contributed by atoms with Crippen LogP contribution in [0.2, 0.25) is 0 Å². The van der Waals surface area contributed by atoms with Gasteiger partial charge < -0.3 is 20.1 Å². The molecule has 304 valence electrons. The Kier molecular flexibility index (Phi) is 11.5. The second-order valence-corrected chi connectivity index (χ2v) is 14.8. The summed E-state index contributed by atoms with van der Waals surface area (Å²) in [4.78, 5) is 37.4. The molecule has 14 nitrogen and oxygen atoms in total. The van der Waals surface area contributed by atoms with Crippen LogP contribution in [0.25, 0.3) is 22.5 Å². The van der Waals surface area contributed by atoms with E-state index in [4.69, 9.17) is 9.47 Å². The van der Waals surface area contributed by atoms with Crippen LogP contribution < -0.4 is 20.1 Å². The standard InChI is InChI=1S/C43H44F2N10O4/c1-52-26-28(24-48-52)40-22-34(16-18-46-40)58-32-12-14-38(36(44)20-32)50-42(56)54(30-8-4-3-5-9-30)55(31-10-6-7-11-31)43(57)51-39-15-13-33(21-37(39)45)59-35-17-19-47-41(23-35)29-25-49-53(2)27-29/h12-27,30-31H,3-11H2,1-2H3,(H,50,56)(H,51,57). The lowest BCUT2D eigenvalue weighted by Gasteiger charge is -2.44. The van der Waals surface area contributed by atoms with Gasteiger partial charge in [0.2, 0.25) is 0 Å². The van der Waals surface area contributed by atoms with E-state index < -0.39 is 23.7 Å². The highest BCUT2D eigenvalue weighted by Gasteiger charge is 2.39. The first-order valence-electron chi connectivity index (χ1n) is 19.7. The summed E-state index contributed by atoms with van der Waals surface area (Å²) in [6.45, 7) is 0. The minimum absolute atomic E-state index is 0.0795. The molecule has 59 heavy (non-hydrogen) atoms. The van der Waals surface area contributed by atoms with E-state index in [1.54, 1.807) is 70.5 Å². The zero-order chi connectivity index (χ0) is 40.9. The van der Waals surface area contributed by atoms with Gasteiger partial charge in [-0.15, -0.1) is 0 Å². The Morgan fingerprint density at radius 3 is 1.41 bits per heavy atom. The Bertz CT molecular complexity index is 2440. The second kappa shape index (κ2) is 17.3. The highest BCUT2D eigenvalue weighted by atomic mass is 19.1. The van der Waals surface area contributed by atoms with E-state index >= 15 is 8.78 Å². The maximum atomic E-state index is 15.7. The fraction of sp³-hybridized carbons (Fsp3) is 0.302. The van der Waals surface area contributed by atoms with Gasteiger partial charge >= 0.3 is 12.1 Å². The molecule has 0 radical (unpaired) electrons. The van der Waals surface area contributed by atoms with Crippen molar-refractivity contribution in [2.24, 2.45) is 14.1 Å². The molecule has 0 saturated heterocycles. The van der Waals surface area contributed by atoms with Crippen molar-refractivity contribution in [3.05, 3.63) is 109 Å². The third kappa shape index (κ3) is 9.16. The van der Waals surface area contributed by atoms with Gasteiger partial charge in [-0.1, -0.05) is 32.1 Å². The van der Waals surface area contributed by atoms with Gasteiger partial charge in [0.15, 0.2) is 0 Å². The lowest BCUT2D eigenvalue weighted by Crippen LogP contribution is -2.60. The molecule has 6 aromatic rings. The fourth-order valence-corrected chi connectivity index (χ4v) is 7.66. The van der Waals surface area contributed by atoms with Crippen LogP contribution in [0.1, 0.15) is 57.8 Å². The van der Waals surface area contributed by atoms with Crippen molar-refractivity contribution < 1.29 is 27.8 Å². The first kappa shape index (κ1) is 39.0. The van der Waals surface area contributed by atoms with Gasteiger partial charge in [-0.25, -0.2) is 28.4 Å². The number of benzene rings is 2. The molecule has 2 aliphatic carbocycles. The number of aromatic nitrogens is 6. The van der Waals surface area contributed by atoms with E-state index in [9.17, 15) is 9.59 Å². The fourth-order valence-electron chi connectivity index (χ4n) is 7.66. The summed E-state index contributed by atoms with van der Waals surface area (Å²) in [5.74, 6) is -0.120. The number of pyridine rings is 2. The van der Waals surface area contributed by atoms with E-state index in [0.29, 0.717) is 48.6 Å². The number of hydrazine groups is 1. The van der Waals surface area contributed by atoms with Crippen molar-refractivity contribution in [2.75, 3.05) is 10.6 Å². The van der Waals surface area contributed by atoms with Gasteiger partial charge in [-0.3, -0.25) is 19.3 Å². The van der Waals surface area contributed by atoms with Crippen LogP contribution in [0.3, 0.4) is 0 Å². The largest absolute Gasteiger partial charge is 0.457 e. The molecule has 4 aromatic heterocycles. The SMILES string of the molecule is Cn1cc(-c2cc(Oc3ccc(NC(=O)N(C4CCCCC4)N(C(=O)Nc4ccc(Oc5ccnc(-c6cnn(C)c6)c5)cc4F)C4CCCC4)c(F)c3)ccn2)cn1. The van der Waals surface area contributed by atoms with Crippen molar-refractivity contribution >= 4 is 23.4 Å². The Hall–Kier alpha value is -6.84. The number of hydrogen-bond donors (Lipinski definition) is 2. The Labute approximate surface area is 339 Å². The third-order valence-electron chi connectivity index (χ3n) is 10.5. The van der Waals surface area contributed by atoms with Crippen LogP contribution in [0, 0.1) is 11.6 Å². The average molecular weight is 803 g/mol. The number of urea groups is 2. The van der Waals surface area contributed by atoms with E-state index in [1.807, 2.05) is 26.5 Å².